The Morgan fingerprint density at radius 2 is 1.50 bits per heavy atom. The molecule has 0 saturated heterocycles. The number of aryl methyl sites for hydroxylation is 2. The quantitative estimate of drug-likeness (QED) is 0.537. The van der Waals surface area contributed by atoms with Crippen molar-refractivity contribution < 1.29 is 37.5 Å². The Kier molecular flexibility index (Phi) is 5.71. The van der Waals surface area contributed by atoms with E-state index in [2.05, 4.69) is 14.7 Å². The molecule has 1 aliphatic rings. The minimum absolute atomic E-state index is 0.0403. The summed E-state index contributed by atoms with van der Waals surface area (Å²) in [5.74, 6) is -4.01. The lowest BCUT2D eigenvalue weighted by atomic mass is 9.67. The summed E-state index contributed by atoms with van der Waals surface area (Å²) in [6, 6.07) is 8.98. The summed E-state index contributed by atoms with van der Waals surface area (Å²) in [5, 5.41) is 22.7. The second-order valence-electron chi connectivity index (χ2n) is 8.78. The maximum atomic E-state index is 13.4. The van der Waals surface area contributed by atoms with Gasteiger partial charge in [-0.15, -0.1) is 0 Å². The van der Waals surface area contributed by atoms with E-state index in [1.807, 2.05) is 13.8 Å². The average molecular weight is 474 g/mol. The van der Waals surface area contributed by atoms with E-state index in [1.165, 1.54) is 24.3 Å². The van der Waals surface area contributed by atoms with Crippen molar-refractivity contribution in [1.29, 1.82) is 0 Å². The van der Waals surface area contributed by atoms with Gasteiger partial charge in [-0.2, -0.15) is 18.2 Å². The van der Waals surface area contributed by atoms with Crippen LogP contribution in [-0.2, 0) is 24.4 Å². The van der Waals surface area contributed by atoms with Crippen LogP contribution in [0.5, 0.6) is 0 Å². The Morgan fingerprint density at radius 1 is 1.00 bits per heavy atom. The molecular formula is C24H21F3N2O5. The molecule has 2 aromatic carbocycles. The van der Waals surface area contributed by atoms with Gasteiger partial charge in [-0.3, -0.25) is 0 Å². The molecule has 34 heavy (non-hydrogen) atoms. The van der Waals surface area contributed by atoms with Gasteiger partial charge in [-0.1, -0.05) is 31.1 Å². The van der Waals surface area contributed by atoms with E-state index < -0.39 is 29.4 Å². The number of carbonyl (C=O) groups is 2. The third kappa shape index (κ3) is 3.93. The van der Waals surface area contributed by atoms with Crippen LogP contribution in [0, 0.1) is 5.92 Å². The van der Waals surface area contributed by atoms with Gasteiger partial charge in [0.2, 0.25) is 0 Å². The second-order valence-corrected chi connectivity index (χ2v) is 8.78. The molecule has 10 heteroatoms. The van der Waals surface area contributed by atoms with Crippen LogP contribution in [0.1, 0.15) is 75.0 Å². The summed E-state index contributed by atoms with van der Waals surface area (Å²) in [5.41, 5.74) is 1.15. The summed E-state index contributed by atoms with van der Waals surface area (Å²) < 4.78 is 44.8. The molecule has 1 heterocycles. The molecule has 3 aromatic rings. The van der Waals surface area contributed by atoms with Crippen LogP contribution in [0.2, 0.25) is 0 Å². The summed E-state index contributed by atoms with van der Waals surface area (Å²) >= 11 is 0. The number of hydrogen-bond donors (Lipinski definition) is 2. The van der Waals surface area contributed by atoms with Gasteiger partial charge < -0.3 is 14.7 Å². The summed E-state index contributed by atoms with van der Waals surface area (Å²) in [7, 11) is 0. The number of alkyl halides is 3. The first kappa shape index (κ1) is 23.5. The summed E-state index contributed by atoms with van der Waals surface area (Å²) in [4.78, 5) is 27.0. The highest BCUT2D eigenvalue weighted by molar-refractivity contribution is 5.89. The fourth-order valence-electron chi connectivity index (χ4n) is 4.79. The van der Waals surface area contributed by atoms with Crippen LogP contribution < -0.4 is 0 Å². The summed E-state index contributed by atoms with van der Waals surface area (Å²) in [6.07, 6.45) is -3.85. The Morgan fingerprint density at radius 3 is 1.88 bits per heavy atom. The normalized spacial score (nSPS) is 14.9. The van der Waals surface area contributed by atoms with Crippen molar-refractivity contribution in [3.8, 4) is 0 Å². The molecule has 0 fully saturated rings. The number of hydrogen-bond acceptors (Lipinski definition) is 5. The first-order chi connectivity index (χ1) is 15.9. The average Bonchev–Trinajstić information content (AvgIpc) is 3.22. The van der Waals surface area contributed by atoms with E-state index in [0.717, 1.165) is 0 Å². The van der Waals surface area contributed by atoms with Crippen LogP contribution >= 0.6 is 0 Å². The molecule has 0 aliphatic heterocycles. The number of carboxylic acid groups (broad SMARTS) is 2. The minimum atomic E-state index is -4.85. The van der Waals surface area contributed by atoms with Crippen LogP contribution in [-0.4, -0.2) is 32.3 Å². The SMILES string of the molecule is CC(C)CC1(c2noc(C(F)(F)F)n2)c2ccc(C(=O)O)cc2CCc2cc(C(=O)O)ccc21. The molecule has 0 radical (unpaired) electrons. The van der Waals surface area contributed by atoms with Crippen molar-refractivity contribution in [2.75, 3.05) is 0 Å². The van der Waals surface area contributed by atoms with E-state index in [-0.39, 0.29) is 29.3 Å². The molecular weight excluding hydrogens is 453 g/mol. The maximum Gasteiger partial charge on any atom is 0.471 e. The standard InChI is InChI=1S/C24H21F3N2O5/c1-12(2)11-23(21-28-22(34-29-21)24(25,26)27)17-7-5-15(19(30)31)9-13(17)3-4-14-10-16(20(32)33)6-8-18(14)23/h5-10,12H,3-4,11H2,1-2H3,(H,30,31)(H,32,33). The molecule has 7 nitrogen and oxygen atoms in total. The first-order valence-electron chi connectivity index (χ1n) is 10.6. The van der Waals surface area contributed by atoms with Gasteiger partial charge in [0.15, 0.2) is 5.82 Å². The Bertz CT molecular complexity index is 1210. The molecule has 0 unspecified atom stereocenters. The van der Waals surface area contributed by atoms with Gasteiger partial charge >= 0.3 is 24.0 Å². The number of carboxylic acids is 2. The number of aromatic nitrogens is 2. The van der Waals surface area contributed by atoms with Gasteiger partial charge in [0, 0.05) is 0 Å². The van der Waals surface area contributed by atoms with Gasteiger partial charge in [0.1, 0.15) is 0 Å². The first-order valence-corrected chi connectivity index (χ1v) is 10.6. The zero-order valence-electron chi connectivity index (χ0n) is 18.3. The van der Waals surface area contributed by atoms with Crippen LogP contribution in [0.25, 0.3) is 0 Å². The van der Waals surface area contributed by atoms with Crippen molar-refractivity contribution >= 4 is 11.9 Å². The molecule has 2 N–H and O–H groups in total. The highest BCUT2D eigenvalue weighted by atomic mass is 19.4. The monoisotopic (exact) mass is 474 g/mol. The van der Waals surface area contributed by atoms with Gasteiger partial charge in [0.05, 0.1) is 16.5 Å². The number of nitrogens with zero attached hydrogens (tertiary/aromatic N) is 2. The number of halogens is 3. The van der Waals surface area contributed by atoms with Crippen LogP contribution in [0.4, 0.5) is 13.2 Å². The molecule has 0 atom stereocenters. The van der Waals surface area contributed by atoms with Gasteiger partial charge in [-0.05, 0) is 71.7 Å². The number of rotatable bonds is 5. The van der Waals surface area contributed by atoms with E-state index in [1.54, 1.807) is 12.1 Å². The third-order valence-corrected chi connectivity index (χ3v) is 6.05. The van der Waals surface area contributed by atoms with Crippen molar-refractivity contribution in [2.45, 2.75) is 44.7 Å². The highest BCUT2D eigenvalue weighted by Gasteiger charge is 2.48. The Hall–Kier alpha value is -3.69. The third-order valence-electron chi connectivity index (χ3n) is 6.05. The van der Waals surface area contributed by atoms with Crippen LogP contribution in [0.15, 0.2) is 40.9 Å². The number of fused-ring (bicyclic) bond motifs is 2. The van der Waals surface area contributed by atoms with Crippen LogP contribution in [0.3, 0.4) is 0 Å². The molecule has 4 rings (SSSR count). The smallest absolute Gasteiger partial charge is 0.471 e. The van der Waals surface area contributed by atoms with Crippen molar-refractivity contribution in [3.63, 3.8) is 0 Å². The van der Waals surface area contributed by atoms with E-state index >= 15 is 0 Å². The van der Waals surface area contributed by atoms with Crippen molar-refractivity contribution in [2.24, 2.45) is 5.92 Å². The van der Waals surface area contributed by atoms with E-state index in [0.29, 0.717) is 35.1 Å². The molecule has 1 aromatic heterocycles. The number of aromatic carboxylic acids is 2. The lowest BCUT2D eigenvalue weighted by Crippen LogP contribution is -2.34. The van der Waals surface area contributed by atoms with E-state index in [9.17, 15) is 33.0 Å². The fourth-order valence-corrected chi connectivity index (χ4v) is 4.79. The Balaban J connectivity index is 2.09. The number of benzene rings is 2. The predicted octanol–water partition coefficient (Wildman–Crippen LogP) is 4.96. The molecule has 0 spiro atoms. The van der Waals surface area contributed by atoms with Crippen molar-refractivity contribution in [1.82, 2.24) is 10.1 Å². The zero-order valence-corrected chi connectivity index (χ0v) is 18.3. The minimum Gasteiger partial charge on any atom is -0.478 e. The molecule has 1 aliphatic carbocycles. The molecule has 178 valence electrons. The summed E-state index contributed by atoms with van der Waals surface area (Å²) in [6.45, 7) is 3.79. The van der Waals surface area contributed by atoms with Gasteiger partial charge in [0.25, 0.3) is 0 Å². The lowest BCUT2D eigenvalue weighted by molar-refractivity contribution is -0.159. The highest BCUT2D eigenvalue weighted by Crippen LogP contribution is 2.48. The van der Waals surface area contributed by atoms with Gasteiger partial charge in [-0.25, -0.2) is 9.59 Å². The topological polar surface area (TPSA) is 114 Å². The zero-order chi connectivity index (χ0) is 24.8. The lowest BCUT2D eigenvalue weighted by Gasteiger charge is -2.35. The largest absolute Gasteiger partial charge is 0.478 e. The van der Waals surface area contributed by atoms with E-state index in [4.69, 9.17) is 0 Å². The molecule has 0 amide bonds. The van der Waals surface area contributed by atoms with Crippen molar-refractivity contribution in [3.05, 3.63) is 81.5 Å². The molecule has 0 saturated carbocycles. The second kappa shape index (κ2) is 8.27. The fraction of sp³-hybridized carbons (Fsp3) is 0.333. The maximum absolute atomic E-state index is 13.4. The Labute approximate surface area is 192 Å². The molecule has 0 bridgehead atoms. The predicted molar refractivity (Wildman–Crippen MR) is 113 cm³/mol.